The fourth-order valence-corrected chi connectivity index (χ4v) is 5.25. The summed E-state index contributed by atoms with van der Waals surface area (Å²) in [6.07, 6.45) is 4.87. The smallest absolute Gasteiger partial charge is 0.262 e. The Morgan fingerprint density at radius 2 is 2.00 bits per heavy atom. The second-order valence-electron chi connectivity index (χ2n) is 8.89. The maximum Gasteiger partial charge on any atom is 0.262 e. The topological polar surface area (TPSA) is 44.1 Å². The quantitative estimate of drug-likeness (QED) is 0.624. The molecule has 0 amide bonds. The molecule has 0 spiro atoms. The van der Waals surface area contributed by atoms with E-state index in [0.29, 0.717) is 24.5 Å². The standard InChI is InChI=1S/C23H28N2O2S/c1-15-5-8-17(9-6-15)27-12-11-25-14-24-21-20(22(25)26)18-10-7-16(23(2,3)4)13-19(18)28-21/h5-6,8-9,14,16H,7,10-13H2,1-4H3/t16-/m0/s1. The van der Waals surface area contributed by atoms with Gasteiger partial charge in [-0.2, -0.15) is 0 Å². The summed E-state index contributed by atoms with van der Waals surface area (Å²) in [5, 5.41) is 0.838. The van der Waals surface area contributed by atoms with Crippen LogP contribution in [0.25, 0.3) is 10.2 Å². The van der Waals surface area contributed by atoms with Crippen LogP contribution in [0, 0.1) is 18.3 Å². The van der Waals surface area contributed by atoms with Crippen molar-refractivity contribution >= 4 is 21.6 Å². The van der Waals surface area contributed by atoms with Crippen molar-refractivity contribution in [3.63, 3.8) is 0 Å². The van der Waals surface area contributed by atoms with Crippen LogP contribution in [-0.2, 0) is 19.4 Å². The molecule has 0 N–H and O–H groups in total. The molecule has 0 aliphatic heterocycles. The molecule has 28 heavy (non-hydrogen) atoms. The highest BCUT2D eigenvalue weighted by molar-refractivity contribution is 7.18. The van der Waals surface area contributed by atoms with E-state index in [2.05, 4.69) is 32.7 Å². The summed E-state index contributed by atoms with van der Waals surface area (Å²) in [5.41, 5.74) is 2.82. The molecule has 0 bridgehead atoms. The van der Waals surface area contributed by atoms with Gasteiger partial charge in [0.15, 0.2) is 0 Å². The van der Waals surface area contributed by atoms with E-state index >= 15 is 0 Å². The van der Waals surface area contributed by atoms with Crippen molar-refractivity contribution in [3.05, 3.63) is 57.0 Å². The molecule has 4 nitrogen and oxygen atoms in total. The predicted molar refractivity (Wildman–Crippen MR) is 116 cm³/mol. The SMILES string of the molecule is Cc1ccc(OCCn2cnc3sc4c(c3c2=O)CC[C@H](C(C)(C)C)C4)cc1. The number of aromatic nitrogens is 2. The van der Waals surface area contributed by atoms with E-state index < -0.39 is 0 Å². The van der Waals surface area contributed by atoms with Crippen molar-refractivity contribution in [3.8, 4) is 5.75 Å². The monoisotopic (exact) mass is 396 g/mol. The van der Waals surface area contributed by atoms with Gasteiger partial charge < -0.3 is 4.74 Å². The van der Waals surface area contributed by atoms with Crippen molar-refractivity contribution in [1.82, 2.24) is 9.55 Å². The zero-order chi connectivity index (χ0) is 19.9. The number of fused-ring (bicyclic) bond motifs is 3. The largest absolute Gasteiger partial charge is 0.492 e. The Balaban J connectivity index is 1.54. The zero-order valence-corrected chi connectivity index (χ0v) is 17.9. The summed E-state index contributed by atoms with van der Waals surface area (Å²) in [6.45, 7) is 9.95. The van der Waals surface area contributed by atoms with Gasteiger partial charge in [-0.3, -0.25) is 9.36 Å². The lowest BCUT2D eigenvalue weighted by Crippen LogP contribution is -2.27. The Bertz CT molecular complexity index is 1040. The Morgan fingerprint density at radius 1 is 1.25 bits per heavy atom. The first kappa shape index (κ1) is 19.2. The first-order valence-electron chi connectivity index (χ1n) is 10.0. The van der Waals surface area contributed by atoms with E-state index in [9.17, 15) is 4.79 Å². The number of ether oxygens (including phenoxy) is 1. The highest BCUT2D eigenvalue weighted by Gasteiger charge is 2.31. The molecular formula is C23H28N2O2S. The van der Waals surface area contributed by atoms with Crippen molar-refractivity contribution < 1.29 is 4.74 Å². The highest BCUT2D eigenvalue weighted by atomic mass is 32.1. The molecular weight excluding hydrogens is 368 g/mol. The van der Waals surface area contributed by atoms with Crippen LogP contribution < -0.4 is 10.3 Å². The third kappa shape index (κ3) is 3.72. The second-order valence-corrected chi connectivity index (χ2v) is 9.98. The molecule has 1 aliphatic carbocycles. The van der Waals surface area contributed by atoms with E-state index in [1.807, 2.05) is 24.3 Å². The average molecular weight is 397 g/mol. The predicted octanol–water partition coefficient (Wildman–Crippen LogP) is 5.00. The molecule has 4 rings (SSSR count). The zero-order valence-electron chi connectivity index (χ0n) is 17.1. The van der Waals surface area contributed by atoms with Gasteiger partial charge in [-0.05, 0) is 55.2 Å². The van der Waals surface area contributed by atoms with Gasteiger partial charge in [0.2, 0.25) is 0 Å². The van der Waals surface area contributed by atoms with Gasteiger partial charge in [0, 0.05) is 4.88 Å². The maximum atomic E-state index is 13.1. The fourth-order valence-electron chi connectivity index (χ4n) is 4.00. The number of aryl methyl sites for hydroxylation is 2. The molecule has 0 radical (unpaired) electrons. The number of thiophene rings is 1. The van der Waals surface area contributed by atoms with Crippen molar-refractivity contribution in [2.24, 2.45) is 11.3 Å². The minimum Gasteiger partial charge on any atom is -0.492 e. The van der Waals surface area contributed by atoms with E-state index in [1.54, 1.807) is 22.2 Å². The average Bonchev–Trinajstić information content (AvgIpc) is 3.03. The van der Waals surface area contributed by atoms with Crippen LogP contribution in [0.3, 0.4) is 0 Å². The third-order valence-electron chi connectivity index (χ3n) is 5.88. The lowest BCUT2D eigenvalue weighted by molar-refractivity contribution is 0.218. The molecule has 0 unspecified atom stereocenters. The summed E-state index contributed by atoms with van der Waals surface area (Å²) in [7, 11) is 0. The number of rotatable bonds is 4. The Kier molecular flexibility index (Phi) is 5.04. The molecule has 1 atom stereocenters. The van der Waals surface area contributed by atoms with Crippen molar-refractivity contribution in [2.75, 3.05) is 6.61 Å². The summed E-state index contributed by atoms with van der Waals surface area (Å²) in [5.74, 6) is 1.49. The van der Waals surface area contributed by atoms with Gasteiger partial charge in [0.25, 0.3) is 5.56 Å². The van der Waals surface area contributed by atoms with Crippen LogP contribution in [0.1, 0.15) is 43.2 Å². The first-order valence-corrected chi connectivity index (χ1v) is 10.8. The summed E-state index contributed by atoms with van der Waals surface area (Å²) in [4.78, 5) is 19.9. The highest BCUT2D eigenvalue weighted by Crippen LogP contribution is 2.41. The van der Waals surface area contributed by atoms with Gasteiger partial charge in [-0.1, -0.05) is 38.5 Å². The van der Waals surface area contributed by atoms with E-state index in [4.69, 9.17) is 4.74 Å². The minimum atomic E-state index is 0.0733. The van der Waals surface area contributed by atoms with Crippen molar-refractivity contribution in [2.45, 2.75) is 53.5 Å². The van der Waals surface area contributed by atoms with Crippen LogP contribution >= 0.6 is 11.3 Å². The number of benzene rings is 1. The molecule has 1 aromatic carbocycles. The molecule has 0 fully saturated rings. The normalized spacial score (nSPS) is 16.9. The molecule has 1 aliphatic rings. The Labute approximate surface area is 170 Å². The molecule has 0 saturated carbocycles. The first-order chi connectivity index (χ1) is 13.3. The summed E-state index contributed by atoms with van der Waals surface area (Å²) in [6, 6.07) is 7.97. The van der Waals surface area contributed by atoms with Crippen LogP contribution in [0.5, 0.6) is 5.75 Å². The van der Waals surface area contributed by atoms with E-state index in [1.165, 1.54) is 16.0 Å². The summed E-state index contributed by atoms with van der Waals surface area (Å²) < 4.78 is 7.49. The van der Waals surface area contributed by atoms with Gasteiger partial charge in [-0.25, -0.2) is 4.98 Å². The van der Waals surface area contributed by atoms with Crippen LogP contribution in [0.2, 0.25) is 0 Å². The molecule has 2 aromatic heterocycles. The third-order valence-corrected chi connectivity index (χ3v) is 7.04. The molecule has 148 valence electrons. The van der Waals surface area contributed by atoms with Gasteiger partial charge in [0.05, 0.1) is 18.3 Å². The van der Waals surface area contributed by atoms with E-state index in [-0.39, 0.29) is 5.56 Å². The van der Waals surface area contributed by atoms with Gasteiger partial charge in [-0.15, -0.1) is 11.3 Å². The van der Waals surface area contributed by atoms with E-state index in [0.717, 1.165) is 35.2 Å². The maximum absolute atomic E-state index is 13.1. The lowest BCUT2D eigenvalue weighted by Gasteiger charge is -2.33. The van der Waals surface area contributed by atoms with Gasteiger partial charge in [0.1, 0.15) is 17.2 Å². The Morgan fingerprint density at radius 3 is 2.71 bits per heavy atom. The summed E-state index contributed by atoms with van der Waals surface area (Å²) >= 11 is 1.71. The molecule has 0 saturated heterocycles. The molecule has 5 heteroatoms. The lowest BCUT2D eigenvalue weighted by atomic mass is 9.72. The van der Waals surface area contributed by atoms with Crippen LogP contribution in [-0.4, -0.2) is 16.2 Å². The number of nitrogens with zero attached hydrogens (tertiary/aromatic N) is 2. The molecule has 2 heterocycles. The van der Waals surface area contributed by atoms with Crippen LogP contribution in [0.4, 0.5) is 0 Å². The second kappa shape index (κ2) is 7.36. The van der Waals surface area contributed by atoms with Gasteiger partial charge >= 0.3 is 0 Å². The fraction of sp³-hybridized carbons (Fsp3) is 0.478. The number of hydrogen-bond acceptors (Lipinski definition) is 4. The Hall–Kier alpha value is -2.14. The number of hydrogen-bond donors (Lipinski definition) is 0. The minimum absolute atomic E-state index is 0.0733. The van der Waals surface area contributed by atoms with Crippen LogP contribution in [0.15, 0.2) is 35.4 Å². The van der Waals surface area contributed by atoms with Crippen molar-refractivity contribution in [1.29, 1.82) is 0 Å². The molecule has 3 aromatic rings.